The molecule has 0 radical (unpaired) electrons. The molecule has 0 unspecified atom stereocenters. The summed E-state index contributed by atoms with van der Waals surface area (Å²) in [5, 5.41) is 0. The average molecular weight is 274 g/mol. The van der Waals surface area contributed by atoms with Gasteiger partial charge in [-0.2, -0.15) is 0 Å². The van der Waals surface area contributed by atoms with Gasteiger partial charge in [-0.05, 0) is 42.7 Å². The van der Waals surface area contributed by atoms with Crippen molar-refractivity contribution in [1.82, 2.24) is 0 Å². The number of benzene rings is 1. The molecule has 0 bridgehead atoms. The summed E-state index contributed by atoms with van der Waals surface area (Å²) in [6.07, 6.45) is 2.94. The molecule has 0 amide bonds. The van der Waals surface area contributed by atoms with Gasteiger partial charge in [0, 0.05) is 5.57 Å². The second kappa shape index (κ2) is 7.28. The van der Waals surface area contributed by atoms with E-state index in [9.17, 15) is 4.79 Å². The van der Waals surface area contributed by atoms with Crippen molar-refractivity contribution in [3.8, 4) is 0 Å². The summed E-state index contributed by atoms with van der Waals surface area (Å²) in [6.45, 7) is 12.4. The highest BCUT2D eigenvalue weighted by Crippen LogP contribution is 2.22. The molecule has 1 aromatic carbocycles. The molecule has 1 aromatic rings. The number of hydrogen-bond acceptors (Lipinski definition) is 2. The minimum absolute atomic E-state index is 0.204. The first-order chi connectivity index (χ1) is 9.30. The van der Waals surface area contributed by atoms with Crippen molar-refractivity contribution in [3.63, 3.8) is 0 Å². The molecule has 0 aliphatic rings. The van der Waals surface area contributed by atoms with E-state index in [-0.39, 0.29) is 11.4 Å². The van der Waals surface area contributed by atoms with E-state index in [0.717, 1.165) is 19.3 Å². The van der Waals surface area contributed by atoms with Crippen LogP contribution in [0.25, 0.3) is 0 Å². The van der Waals surface area contributed by atoms with Crippen LogP contribution in [-0.2, 0) is 21.4 Å². The smallest absolute Gasteiger partial charge is 0.333 e. The highest BCUT2D eigenvalue weighted by molar-refractivity contribution is 5.86. The summed E-state index contributed by atoms with van der Waals surface area (Å²) in [5.41, 5.74) is 3.36. The zero-order valence-electron chi connectivity index (χ0n) is 13.2. The fourth-order valence-corrected chi connectivity index (χ4v) is 1.89. The summed E-state index contributed by atoms with van der Waals surface area (Å²) in [7, 11) is 0. The number of carbonyl (C=O) groups excluding carboxylic acids is 1. The molecule has 0 atom stereocenters. The maximum absolute atomic E-state index is 11.2. The van der Waals surface area contributed by atoms with Crippen LogP contribution in [0.5, 0.6) is 0 Å². The van der Waals surface area contributed by atoms with Crippen LogP contribution < -0.4 is 0 Å². The summed E-state index contributed by atoms with van der Waals surface area (Å²) in [4.78, 5) is 11.2. The molecule has 2 heteroatoms. The molecule has 2 nitrogen and oxygen atoms in total. The van der Waals surface area contributed by atoms with Crippen LogP contribution in [0.1, 0.15) is 51.7 Å². The Labute approximate surface area is 122 Å². The Bertz CT molecular complexity index is 449. The van der Waals surface area contributed by atoms with Crippen LogP contribution in [-0.4, -0.2) is 12.6 Å². The number of rotatable bonds is 6. The van der Waals surface area contributed by atoms with Crippen molar-refractivity contribution in [2.75, 3.05) is 6.61 Å². The first-order valence-electron chi connectivity index (χ1n) is 7.23. The largest absolute Gasteiger partial charge is 0.462 e. The number of esters is 1. The van der Waals surface area contributed by atoms with Gasteiger partial charge in [0.15, 0.2) is 0 Å². The van der Waals surface area contributed by atoms with Gasteiger partial charge in [-0.25, -0.2) is 4.79 Å². The number of unbranched alkanes of at least 4 members (excludes halogenated alkanes) is 1. The lowest BCUT2D eigenvalue weighted by molar-refractivity contribution is -0.139. The maximum atomic E-state index is 11.2. The Morgan fingerprint density at radius 2 is 1.75 bits per heavy atom. The van der Waals surface area contributed by atoms with E-state index >= 15 is 0 Å². The van der Waals surface area contributed by atoms with Crippen molar-refractivity contribution < 1.29 is 9.53 Å². The molecule has 0 spiro atoms. The fourth-order valence-electron chi connectivity index (χ4n) is 1.89. The van der Waals surface area contributed by atoms with Gasteiger partial charge in [-0.3, -0.25) is 0 Å². The van der Waals surface area contributed by atoms with Crippen molar-refractivity contribution in [2.45, 2.75) is 52.4 Å². The molecule has 20 heavy (non-hydrogen) atoms. The van der Waals surface area contributed by atoms with E-state index < -0.39 is 0 Å². The number of ether oxygens (including phenoxy) is 1. The van der Waals surface area contributed by atoms with Gasteiger partial charge in [-0.1, -0.05) is 51.6 Å². The minimum Gasteiger partial charge on any atom is -0.462 e. The van der Waals surface area contributed by atoms with Crippen LogP contribution in [0, 0.1) is 0 Å². The van der Waals surface area contributed by atoms with Crippen molar-refractivity contribution in [3.05, 3.63) is 47.5 Å². The maximum Gasteiger partial charge on any atom is 0.333 e. The van der Waals surface area contributed by atoms with Crippen molar-refractivity contribution in [2.24, 2.45) is 0 Å². The number of hydrogen-bond donors (Lipinski definition) is 0. The van der Waals surface area contributed by atoms with Gasteiger partial charge in [0.1, 0.15) is 0 Å². The van der Waals surface area contributed by atoms with Gasteiger partial charge in [0.05, 0.1) is 6.61 Å². The predicted octanol–water partition coefficient (Wildman–Crippen LogP) is 4.43. The Morgan fingerprint density at radius 3 is 2.25 bits per heavy atom. The quantitative estimate of drug-likeness (QED) is 0.436. The Kier molecular flexibility index (Phi) is 6.00. The molecule has 1 rings (SSSR count). The SMILES string of the molecule is C=C(C)C(=O)OCCCCc1ccc(C(C)(C)C)cc1. The molecule has 0 fully saturated rings. The second-order valence-corrected chi connectivity index (χ2v) is 6.32. The predicted molar refractivity (Wildman–Crippen MR) is 83.9 cm³/mol. The standard InChI is InChI=1S/C18H26O2/c1-14(2)17(19)20-13-7-6-8-15-9-11-16(12-10-15)18(3,4)5/h9-12H,1,6-8,13H2,2-5H3. The molecule has 110 valence electrons. The third-order valence-electron chi connectivity index (χ3n) is 3.26. The van der Waals surface area contributed by atoms with E-state index in [4.69, 9.17) is 4.74 Å². The fraction of sp³-hybridized carbons (Fsp3) is 0.500. The van der Waals surface area contributed by atoms with Crippen molar-refractivity contribution >= 4 is 5.97 Å². The van der Waals surface area contributed by atoms with Crippen LogP contribution in [0.2, 0.25) is 0 Å². The molecule has 0 aromatic heterocycles. The van der Waals surface area contributed by atoms with Crippen LogP contribution >= 0.6 is 0 Å². The van der Waals surface area contributed by atoms with Gasteiger partial charge in [-0.15, -0.1) is 0 Å². The lowest BCUT2D eigenvalue weighted by Gasteiger charge is -2.19. The van der Waals surface area contributed by atoms with Gasteiger partial charge < -0.3 is 4.74 Å². The highest BCUT2D eigenvalue weighted by Gasteiger charge is 2.12. The normalized spacial score (nSPS) is 11.2. The van der Waals surface area contributed by atoms with Crippen molar-refractivity contribution in [1.29, 1.82) is 0 Å². The summed E-state index contributed by atoms with van der Waals surface area (Å²) in [5.74, 6) is -0.292. The van der Waals surface area contributed by atoms with E-state index in [1.807, 2.05) is 0 Å². The van der Waals surface area contributed by atoms with E-state index in [2.05, 4.69) is 51.6 Å². The number of aryl methyl sites for hydroxylation is 1. The lowest BCUT2D eigenvalue weighted by Crippen LogP contribution is -2.10. The van der Waals surface area contributed by atoms with E-state index in [1.165, 1.54) is 11.1 Å². The van der Waals surface area contributed by atoms with Crippen LogP contribution in [0.15, 0.2) is 36.4 Å². The summed E-state index contributed by atoms with van der Waals surface area (Å²) < 4.78 is 5.07. The molecular weight excluding hydrogens is 248 g/mol. The molecule has 0 aliphatic heterocycles. The Morgan fingerprint density at radius 1 is 1.15 bits per heavy atom. The lowest BCUT2D eigenvalue weighted by atomic mass is 9.86. The zero-order valence-corrected chi connectivity index (χ0v) is 13.2. The molecular formula is C18H26O2. The topological polar surface area (TPSA) is 26.3 Å². The molecule has 0 saturated heterocycles. The average Bonchev–Trinajstić information content (AvgIpc) is 2.37. The van der Waals surface area contributed by atoms with Gasteiger partial charge >= 0.3 is 5.97 Å². The first kappa shape index (κ1) is 16.5. The molecule has 0 aliphatic carbocycles. The third kappa shape index (κ3) is 5.60. The van der Waals surface area contributed by atoms with Gasteiger partial charge in [0.2, 0.25) is 0 Å². The highest BCUT2D eigenvalue weighted by atomic mass is 16.5. The first-order valence-corrected chi connectivity index (χ1v) is 7.23. The monoisotopic (exact) mass is 274 g/mol. The Balaban J connectivity index is 2.29. The summed E-state index contributed by atoms with van der Waals surface area (Å²) >= 11 is 0. The summed E-state index contributed by atoms with van der Waals surface area (Å²) in [6, 6.07) is 8.80. The molecule has 0 N–H and O–H groups in total. The Hall–Kier alpha value is -1.57. The van der Waals surface area contributed by atoms with Crippen LogP contribution in [0.4, 0.5) is 0 Å². The third-order valence-corrected chi connectivity index (χ3v) is 3.26. The second-order valence-electron chi connectivity index (χ2n) is 6.32. The minimum atomic E-state index is -0.292. The van der Waals surface area contributed by atoms with Gasteiger partial charge in [0.25, 0.3) is 0 Å². The van der Waals surface area contributed by atoms with E-state index in [1.54, 1.807) is 6.92 Å². The van der Waals surface area contributed by atoms with E-state index in [0.29, 0.717) is 12.2 Å². The zero-order chi connectivity index (χ0) is 15.2. The molecule has 0 heterocycles. The molecule has 0 saturated carbocycles. The van der Waals surface area contributed by atoms with Crippen LogP contribution in [0.3, 0.4) is 0 Å². The number of carbonyl (C=O) groups is 1.